The van der Waals surface area contributed by atoms with Crippen LogP contribution in [0.5, 0.6) is 11.5 Å². The van der Waals surface area contributed by atoms with Crippen LogP contribution in [0.25, 0.3) is 10.9 Å². The van der Waals surface area contributed by atoms with Crippen molar-refractivity contribution in [1.29, 1.82) is 0 Å². The lowest BCUT2D eigenvalue weighted by atomic mass is 9.80. The molecule has 0 aliphatic carbocycles. The van der Waals surface area contributed by atoms with Gasteiger partial charge >= 0.3 is 11.9 Å². The monoisotopic (exact) mass is 501 g/mol. The van der Waals surface area contributed by atoms with Gasteiger partial charge in [0.15, 0.2) is 17.4 Å². The van der Waals surface area contributed by atoms with Crippen molar-refractivity contribution in [3.05, 3.63) is 58.2 Å². The molecule has 168 valence electrons. The highest BCUT2D eigenvalue weighted by Crippen LogP contribution is 2.45. The molecular weight excluding hydrogens is 478 g/mol. The molecule has 4 rings (SSSR count). The van der Waals surface area contributed by atoms with E-state index in [1.54, 1.807) is 13.2 Å². The summed E-state index contributed by atoms with van der Waals surface area (Å²) in [5.74, 6) is -3.41. The number of aromatic nitrogens is 1. The highest BCUT2D eigenvalue weighted by Gasteiger charge is 2.48. The number of fused-ring (bicyclic) bond motifs is 1. The first-order chi connectivity index (χ1) is 15.3. The number of cyclic esters (lactones) is 2. The van der Waals surface area contributed by atoms with E-state index in [2.05, 4.69) is 20.9 Å². The third-order valence-corrected chi connectivity index (χ3v) is 5.97. The van der Waals surface area contributed by atoms with Crippen LogP contribution in [0.15, 0.2) is 47.1 Å². The summed E-state index contributed by atoms with van der Waals surface area (Å²) in [6.07, 6.45) is 1.81. The predicted octanol–water partition coefficient (Wildman–Crippen LogP) is 4.92. The number of hydrogen-bond acceptors (Lipinski definition) is 6. The lowest BCUT2D eigenvalue weighted by molar-refractivity contribution is -0.240. The number of halogens is 1. The third-order valence-electron chi connectivity index (χ3n) is 5.39. The van der Waals surface area contributed by atoms with Crippen molar-refractivity contribution in [2.45, 2.75) is 32.5 Å². The molecule has 1 aromatic heterocycles. The van der Waals surface area contributed by atoms with Gasteiger partial charge in [0.2, 0.25) is 0 Å². The Kier molecular flexibility index (Phi) is 5.90. The molecule has 1 saturated heterocycles. The number of carbonyl (C=O) groups excluding carboxylic acids is 2. The van der Waals surface area contributed by atoms with Gasteiger partial charge in [0.25, 0.3) is 5.79 Å². The first kappa shape index (κ1) is 22.2. The molecule has 0 bridgehead atoms. The Balaban J connectivity index is 1.93. The van der Waals surface area contributed by atoms with E-state index in [1.807, 2.05) is 43.5 Å². The minimum atomic E-state index is -1.31. The second-order valence-electron chi connectivity index (χ2n) is 7.95. The Labute approximate surface area is 194 Å². The van der Waals surface area contributed by atoms with Crippen LogP contribution in [-0.2, 0) is 19.1 Å². The van der Waals surface area contributed by atoms with Crippen LogP contribution in [0.1, 0.15) is 37.8 Å². The Hall–Kier alpha value is -3.00. The van der Waals surface area contributed by atoms with Crippen LogP contribution >= 0.6 is 15.9 Å². The van der Waals surface area contributed by atoms with E-state index in [0.29, 0.717) is 28.1 Å². The number of hydrogen-bond donors (Lipinski definition) is 1. The SMILES string of the molecule is CCOc1cc([C@@H](c2c[nH]c3ccccc23)C2C(=O)OC(C)(C)OC2=O)cc(Br)c1OC. The highest BCUT2D eigenvalue weighted by molar-refractivity contribution is 9.10. The molecule has 0 radical (unpaired) electrons. The van der Waals surface area contributed by atoms with Crippen LogP contribution < -0.4 is 9.47 Å². The summed E-state index contributed by atoms with van der Waals surface area (Å²) in [5.41, 5.74) is 2.35. The molecule has 7 nitrogen and oxygen atoms in total. The molecule has 0 saturated carbocycles. The maximum Gasteiger partial charge on any atom is 0.324 e. The van der Waals surface area contributed by atoms with Gasteiger partial charge in [-0.15, -0.1) is 0 Å². The average molecular weight is 502 g/mol. The van der Waals surface area contributed by atoms with Gasteiger partial charge in [-0.25, -0.2) is 0 Å². The van der Waals surface area contributed by atoms with Crippen molar-refractivity contribution >= 4 is 38.8 Å². The lowest BCUT2D eigenvalue weighted by Crippen LogP contribution is -2.48. The number of H-pyrrole nitrogens is 1. The molecule has 2 heterocycles. The molecule has 3 aromatic rings. The first-order valence-electron chi connectivity index (χ1n) is 10.3. The summed E-state index contributed by atoms with van der Waals surface area (Å²) in [4.78, 5) is 29.4. The number of ether oxygens (including phenoxy) is 4. The number of nitrogens with one attached hydrogen (secondary N) is 1. The fourth-order valence-electron chi connectivity index (χ4n) is 4.13. The standard InChI is InChI=1S/C24H24BrNO6/c1-5-30-18-11-13(10-16(25)21(18)29-4)19(15-12-26-17-9-7-6-8-14(15)17)20-22(27)31-24(2,3)32-23(20)28/h6-12,19-20,26H,5H2,1-4H3/t19-/m0/s1. The van der Waals surface area contributed by atoms with Crippen molar-refractivity contribution in [2.75, 3.05) is 13.7 Å². The maximum absolute atomic E-state index is 13.1. The number of rotatable bonds is 6. The van der Waals surface area contributed by atoms with E-state index >= 15 is 0 Å². The van der Waals surface area contributed by atoms with Crippen LogP contribution in [0.2, 0.25) is 0 Å². The van der Waals surface area contributed by atoms with Crippen molar-refractivity contribution < 1.29 is 28.5 Å². The predicted molar refractivity (Wildman–Crippen MR) is 122 cm³/mol. The Bertz CT molecular complexity index is 1160. The minimum Gasteiger partial charge on any atom is -0.492 e. The second kappa shape index (κ2) is 8.50. The van der Waals surface area contributed by atoms with Gasteiger partial charge in [0.05, 0.1) is 18.2 Å². The van der Waals surface area contributed by atoms with E-state index in [4.69, 9.17) is 18.9 Å². The molecule has 0 unspecified atom stereocenters. The van der Waals surface area contributed by atoms with Crippen molar-refractivity contribution in [1.82, 2.24) is 4.98 Å². The molecule has 1 N–H and O–H groups in total. The van der Waals surface area contributed by atoms with Gasteiger partial charge < -0.3 is 23.9 Å². The van der Waals surface area contributed by atoms with Crippen LogP contribution in [0, 0.1) is 5.92 Å². The normalized spacial score (nSPS) is 17.0. The number of carbonyl (C=O) groups is 2. The summed E-state index contributed by atoms with van der Waals surface area (Å²) in [6.45, 7) is 5.37. The molecule has 8 heteroatoms. The molecule has 1 aliphatic rings. The Morgan fingerprint density at radius 1 is 1.16 bits per heavy atom. The number of esters is 2. The smallest absolute Gasteiger partial charge is 0.324 e. The molecule has 1 fully saturated rings. The Morgan fingerprint density at radius 3 is 2.50 bits per heavy atom. The summed E-state index contributed by atoms with van der Waals surface area (Å²) in [6, 6.07) is 11.3. The van der Waals surface area contributed by atoms with E-state index in [9.17, 15) is 9.59 Å². The largest absolute Gasteiger partial charge is 0.492 e. The highest BCUT2D eigenvalue weighted by atomic mass is 79.9. The van der Waals surface area contributed by atoms with Gasteiger partial charge in [-0.3, -0.25) is 9.59 Å². The number of benzene rings is 2. The number of para-hydroxylation sites is 1. The van der Waals surface area contributed by atoms with Crippen molar-refractivity contribution in [3.63, 3.8) is 0 Å². The van der Waals surface area contributed by atoms with Crippen molar-refractivity contribution in [3.8, 4) is 11.5 Å². The minimum absolute atomic E-state index is 0.422. The van der Waals surface area contributed by atoms with Crippen LogP contribution in [0.3, 0.4) is 0 Å². The fourth-order valence-corrected chi connectivity index (χ4v) is 4.75. The number of aromatic amines is 1. The van der Waals surface area contributed by atoms with Gasteiger partial charge in [0.1, 0.15) is 0 Å². The summed E-state index contributed by atoms with van der Waals surface area (Å²) in [5, 5.41) is 0.896. The molecule has 32 heavy (non-hydrogen) atoms. The van der Waals surface area contributed by atoms with E-state index in [0.717, 1.165) is 16.5 Å². The summed E-state index contributed by atoms with van der Waals surface area (Å²) >= 11 is 3.54. The zero-order valence-electron chi connectivity index (χ0n) is 18.2. The third kappa shape index (κ3) is 3.95. The fraction of sp³-hybridized carbons (Fsp3) is 0.333. The van der Waals surface area contributed by atoms with E-state index in [1.165, 1.54) is 13.8 Å². The molecule has 1 atom stereocenters. The van der Waals surface area contributed by atoms with Crippen LogP contribution in [-0.4, -0.2) is 36.4 Å². The Morgan fingerprint density at radius 2 is 1.84 bits per heavy atom. The zero-order valence-corrected chi connectivity index (χ0v) is 19.8. The maximum atomic E-state index is 13.1. The number of methoxy groups -OCH3 is 1. The average Bonchev–Trinajstić information content (AvgIpc) is 3.13. The lowest BCUT2D eigenvalue weighted by Gasteiger charge is -2.36. The topological polar surface area (TPSA) is 86.9 Å². The van der Waals surface area contributed by atoms with Gasteiger partial charge in [0, 0.05) is 36.9 Å². The van der Waals surface area contributed by atoms with Crippen LogP contribution in [0.4, 0.5) is 0 Å². The quantitative estimate of drug-likeness (QED) is 0.380. The molecular formula is C24H24BrNO6. The summed E-state index contributed by atoms with van der Waals surface area (Å²) in [7, 11) is 1.55. The van der Waals surface area contributed by atoms with Crippen molar-refractivity contribution in [2.24, 2.45) is 5.92 Å². The zero-order chi connectivity index (χ0) is 23.0. The first-order valence-corrected chi connectivity index (χ1v) is 11.1. The molecule has 0 spiro atoms. The van der Waals surface area contributed by atoms with E-state index in [-0.39, 0.29) is 0 Å². The van der Waals surface area contributed by atoms with E-state index < -0.39 is 29.6 Å². The molecule has 1 aliphatic heterocycles. The summed E-state index contributed by atoms with van der Waals surface area (Å²) < 4.78 is 22.8. The second-order valence-corrected chi connectivity index (χ2v) is 8.81. The van der Waals surface area contributed by atoms with Gasteiger partial charge in [-0.05, 0) is 52.2 Å². The van der Waals surface area contributed by atoms with Gasteiger partial charge in [-0.2, -0.15) is 0 Å². The molecule has 2 aromatic carbocycles. The van der Waals surface area contributed by atoms with Gasteiger partial charge in [-0.1, -0.05) is 18.2 Å². The molecule has 0 amide bonds.